The number of hydrogen-bond donors (Lipinski definition) is 1. The van der Waals surface area contributed by atoms with Gasteiger partial charge in [-0.25, -0.2) is 9.97 Å². The second-order valence-electron chi connectivity index (χ2n) is 5.69. The van der Waals surface area contributed by atoms with Crippen LogP contribution in [0.3, 0.4) is 0 Å². The number of esters is 1. The van der Waals surface area contributed by atoms with Gasteiger partial charge < -0.3 is 14.2 Å². The average Bonchev–Trinajstić information content (AvgIpc) is 3.29. The van der Waals surface area contributed by atoms with Crippen LogP contribution in [0.1, 0.15) is 29.4 Å². The predicted molar refractivity (Wildman–Crippen MR) is 99.5 cm³/mol. The molecule has 8 nitrogen and oxygen atoms in total. The first kappa shape index (κ1) is 19.5. The number of ether oxygens (including phenoxy) is 3. The van der Waals surface area contributed by atoms with E-state index in [2.05, 4.69) is 15.3 Å². The minimum absolute atomic E-state index is 0.0600. The Morgan fingerprint density at radius 3 is 3.04 bits per heavy atom. The van der Waals surface area contributed by atoms with E-state index in [0.717, 1.165) is 6.42 Å². The monoisotopic (exact) mass is 411 g/mol. The lowest BCUT2D eigenvalue weighted by Crippen LogP contribution is -2.17. The number of pyridine rings is 1. The van der Waals surface area contributed by atoms with Gasteiger partial charge in [0.2, 0.25) is 5.88 Å². The number of halogens is 1. The second-order valence-corrected chi connectivity index (χ2v) is 6.96. The van der Waals surface area contributed by atoms with Crippen LogP contribution in [0.15, 0.2) is 17.6 Å². The highest BCUT2D eigenvalue weighted by molar-refractivity contribution is 7.14. The fraction of sp³-hybridized carbons (Fsp3) is 0.412. The Kier molecular flexibility index (Phi) is 6.59. The molecule has 2 aromatic heterocycles. The Morgan fingerprint density at radius 1 is 1.48 bits per heavy atom. The lowest BCUT2D eigenvalue weighted by Gasteiger charge is -2.12. The number of anilines is 1. The van der Waals surface area contributed by atoms with Gasteiger partial charge in [-0.15, -0.1) is 11.3 Å². The Hall–Kier alpha value is -2.23. The summed E-state index contributed by atoms with van der Waals surface area (Å²) in [6, 6.07) is 1.49. The summed E-state index contributed by atoms with van der Waals surface area (Å²) in [6.45, 7) is 3.20. The highest BCUT2D eigenvalue weighted by Crippen LogP contribution is 2.26. The molecule has 1 fully saturated rings. The number of carbonyl (C=O) groups excluding carboxylic acids is 2. The van der Waals surface area contributed by atoms with Crippen LogP contribution in [-0.2, 0) is 20.7 Å². The van der Waals surface area contributed by atoms with Crippen LogP contribution in [0.25, 0.3) is 0 Å². The van der Waals surface area contributed by atoms with Gasteiger partial charge in [-0.2, -0.15) is 0 Å². The van der Waals surface area contributed by atoms with Gasteiger partial charge in [-0.05, 0) is 13.0 Å². The maximum atomic E-state index is 12.4. The molecule has 0 aliphatic carbocycles. The van der Waals surface area contributed by atoms with Crippen molar-refractivity contribution >= 4 is 39.9 Å². The van der Waals surface area contributed by atoms with E-state index in [1.807, 2.05) is 0 Å². The molecule has 144 valence electrons. The van der Waals surface area contributed by atoms with E-state index in [0.29, 0.717) is 30.6 Å². The quantitative estimate of drug-likeness (QED) is 0.699. The number of thiazole rings is 1. The summed E-state index contributed by atoms with van der Waals surface area (Å²) < 4.78 is 15.8. The molecule has 0 bridgehead atoms. The largest absolute Gasteiger partial charge is 0.471 e. The van der Waals surface area contributed by atoms with Gasteiger partial charge in [-0.1, -0.05) is 11.6 Å². The van der Waals surface area contributed by atoms with Gasteiger partial charge in [-0.3, -0.25) is 14.9 Å². The van der Waals surface area contributed by atoms with E-state index in [9.17, 15) is 9.59 Å². The topological polar surface area (TPSA) is 99.6 Å². The Bertz CT molecular complexity index is 823. The van der Waals surface area contributed by atoms with Crippen molar-refractivity contribution in [3.63, 3.8) is 0 Å². The van der Waals surface area contributed by atoms with Crippen molar-refractivity contribution in [2.75, 3.05) is 25.1 Å². The van der Waals surface area contributed by atoms with Crippen molar-refractivity contribution in [3.05, 3.63) is 33.9 Å². The zero-order chi connectivity index (χ0) is 19.2. The molecule has 1 aliphatic rings. The first-order chi connectivity index (χ1) is 13.0. The smallest absolute Gasteiger partial charge is 0.311 e. The summed E-state index contributed by atoms with van der Waals surface area (Å²) in [5.74, 6) is -0.494. The zero-order valence-electron chi connectivity index (χ0n) is 14.6. The summed E-state index contributed by atoms with van der Waals surface area (Å²) in [5, 5.41) is 4.97. The Labute approximate surface area is 164 Å². The first-order valence-corrected chi connectivity index (χ1v) is 9.62. The van der Waals surface area contributed by atoms with Gasteiger partial charge in [0.05, 0.1) is 37.5 Å². The predicted octanol–water partition coefficient (Wildman–Crippen LogP) is 2.72. The fourth-order valence-corrected chi connectivity index (χ4v) is 3.29. The molecule has 1 amide bonds. The highest BCUT2D eigenvalue weighted by Gasteiger charge is 2.20. The lowest BCUT2D eigenvalue weighted by atomic mass is 10.2. The minimum atomic E-state index is -0.405. The lowest BCUT2D eigenvalue weighted by molar-refractivity contribution is -0.142. The summed E-state index contributed by atoms with van der Waals surface area (Å²) in [4.78, 5) is 32.2. The minimum Gasteiger partial charge on any atom is -0.471 e. The molecule has 0 saturated carbocycles. The van der Waals surface area contributed by atoms with Crippen LogP contribution in [0, 0.1) is 0 Å². The third-order valence-corrected chi connectivity index (χ3v) is 4.72. The number of rotatable bonds is 7. The molecule has 1 aliphatic heterocycles. The molecule has 0 radical (unpaired) electrons. The number of aromatic nitrogens is 2. The molecule has 0 aromatic carbocycles. The van der Waals surface area contributed by atoms with E-state index < -0.39 is 5.91 Å². The van der Waals surface area contributed by atoms with Crippen LogP contribution in [0.4, 0.5) is 5.13 Å². The molecule has 1 atom stereocenters. The Balaban J connectivity index is 1.60. The maximum absolute atomic E-state index is 12.4. The SMILES string of the molecule is CCOC(=O)Cc1csc(NC(=O)c2cnc(O[C@H]3CCOC3)c(Cl)c2)n1. The number of nitrogens with zero attached hydrogens (tertiary/aromatic N) is 2. The van der Waals surface area contributed by atoms with Crippen molar-refractivity contribution in [1.29, 1.82) is 0 Å². The molecule has 0 spiro atoms. The normalized spacial score (nSPS) is 16.1. The van der Waals surface area contributed by atoms with Gasteiger partial charge in [0.25, 0.3) is 5.91 Å². The van der Waals surface area contributed by atoms with Crippen molar-refractivity contribution in [3.8, 4) is 5.88 Å². The van der Waals surface area contributed by atoms with E-state index in [1.54, 1.807) is 12.3 Å². The molecule has 2 aromatic rings. The third kappa shape index (κ3) is 5.38. The fourth-order valence-electron chi connectivity index (χ4n) is 2.37. The number of amides is 1. The van der Waals surface area contributed by atoms with Crippen molar-refractivity contribution in [1.82, 2.24) is 9.97 Å². The molecule has 10 heteroatoms. The first-order valence-electron chi connectivity index (χ1n) is 8.36. The van der Waals surface area contributed by atoms with Gasteiger partial charge in [0, 0.05) is 18.0 Å². The van der Waals surface area contributed by atoms with Crippen LogP contribution in [0.5, 0.6) is 5.88 Å². The van der Waals surface area contributed by atoms with E-state index in [4.69, 9.17) is 25.8 Å². The van der Waals surface area contributed by atoms with Crippen molar-refractivity contribution in [2.45, 2.75) is 25.9 Å². The molecule has 1 saturated heterocycles. The van der Waals surface area contributed by atoms with Gasteiger partial charge in [0.1, 0.15) is 11.1 Å². The van der Waals surface area contributed by atoms with Crippen LogP contribution in [-0.4, -0.2) is 47.8 Å². The van der Waals surface area contributed by atoms with Crippen molar-refractivity contribution < 1.29 is 23.8 Å². The molecule has 27 heavy (non-hydrogen) atoms. The maximum Gasteiger partial charge on any atom is 0.311 e. The van der Waals surface area contributed by atoms with E-state index >= 15 is 0 Å². The van der Waals surface area contributed by atoms with E-state index in [-0.39, 0.29) is 35.0 Å². The highest BCUT2D eigenvalue weighted by atomic mass is 35.5. The summed E-state index contributed by atoms with van der Waals surface area (Å²) >= 11 is 7.39. The third-order valence-electron chi connectivity index (χ3n) is 3.64. The molecule has 3 rings (SSSR count). The zero-order valence-corrected chi connectivity index (χ0v) is 16.1. The summed E-state index contributed by atoms with van der Waals surface area (Å²) in [5.41, 5.74) is 0.810. The standard InChI is InChI=1S/C17H18ClN3O5S/c1-2-25-14(22)6-11-9-27-17(20-11)21-15(23)10-5-13(18)16(19-7-10)26-12-3-4-24-8-12/h5,7,9,12H,2-4,6,8H2,1H3,(H,20,21,23)/t12-/m0/s1. The number of carbonyl (C=O) groups is 2. The van der Waals surface area contributed by atoms with Gasteiger partial charge >= 0.3 is 5.97 Å². The van der Waals surface area contributed by atoms with Crippen LogP contribution >= 0.6 is 22.9 Å². The number of hydrogen-bond acceptors (Lipinski definition) is 8. The van der Waals surface area contributed by atoms with Crippen molar-refractivity contribution in [2.24, 2.45) is 0 Å². The summed E-state index contributed by atoms with van der Waals surface area (Å²) in [6.07, 6.45) is 2.14. The van der Waals surface area contributed by atoms with Crippen LogP contribution < -0.4 is 10.1 Å². The Morgan fingerprint density at radius 2 is 2.33 bits per heavy atom. The molecule has 0 unspecified atom stereocenters. The van der Waals surface area contributed by atoms with E-state index in [1.165, 1.54) is 23.6 Å². The number of nitrogens with one attached hydrogen (secondary N) is 1. The molecular weight excluding hydrogens is 394 g/mol. The van der Waals surface area contributed by atoms with Crippen LogP contribution in [0.2, 0.25) is 5.02 Å². The molecular formula is C17H18ClN3O5S. The summed E-state index contributed by atoms with van der Waals surface area (Å²) in [7, 11) is 0. The molecule has 1 N–H and O–H groups in total. The average molecular weight is 412 g/mol. The molecule has 3 heterocycles. The second kappa shape index (κ2) is 9.12. The van der Waals surface area contributed by atoms with Gasteiger partial charge in [0.15, 0.2) is 5.13 Å².